The molecule has 0 aromatic heterocycles. The van der Waals surface area contributed by atoms with E-state index in [2.05, 4.69) is 19.1 Å². The second kappa shape index (κ2) is 7.78. The molecule has 1 atom stereocenters. The molecule has 1 nitrogen and oxygen atoms in total. The van der Waals surface area contributed by atoms with E-state index in [1.54, 1.807) is 0 Å². The van der Waals surface area contributed by atoms with Crippen LogP contribution in [-0.2, 0) is 6.42 Å². The van der Waals surface area contributed by atoms with Crippen LogP contribution < -0.4 is 0 Å². The molecule has 0 N–H and O–H groups in total. The van der Waals surface area contributed by atoms with Gasteiger partial charge in [0.1, 0.15) is 0 Å². The van der Waals surface area contributed by atoms with E-state index in [9.17, 15) is 4.79 Å². The summed E-state index contributed by atoms with van der Waals surface area (Å²) in [4.78, 5) is 12.9. The van der Waals surface area contributed by atoms with E-state index in [0.717, 1.165) is 36.8 Å². The minimum atomic E-state index is 0.0912. The molecule has 110 valence electrons. The third kappa shape index (κ3) is 4.29. The van der Waals surface area contributed by atoms with Gasteiger partial charge in [0.05, 0.1) is 0 Å². The van der Waals surface area contributed by atoms with Gasteiger partial charge in [0, 0.05) is 11.5 Å². The average Bonchev–Trinajstić information content (AvgIpc) is 2.52. The summed E-state index contributed by atoms with van der Waals surface area (Å²) in [7, 11) is 0. The van der Waals surface area contributed by atoms with Gasteiger partial charge in [0.15, 0.2) is 5.78 Å². The van der Waals surface area contributed by atoms with Crippen molar-refractivity contribution in [2.75, 3.05) is 0 Å². The van der Waals surface area contributed by atoms with Gasteiger partial charge >= 0.3 is 0 Å². The number of hydrogen-bond acceptors (Lipinski definition) is 1. The van der Waals surface area contributed by atoms with Crippen LogP contribution in [0, 0.1) is 12.8 Å². The SMILES string of the molecule is CCCCC(Cc1ccccc1)C(=O)c1ccccc1C. The lowest BCUT2D eigenvalue weighted by atomic mass is 9.86. The monoisotopic (exact) mass is 280 g/mol. The maximum atomic E-state index is 12.9. The summed E-state index contributed by atoms with van der Waals surface area (Å²) in [5.41, 5.74) is 3.21. The van der Waals surface area contributed by atoms with Crippen molar-refractivity contribution < 1.29 is 4.79 Å². The topological polar surface area (TPSA) is 17.1 Å². The minimum absolute atomic E-state index is 0.0912. The lowest BCUT2D eigenvalue weighted by Crippen LogP contribution is -2.18. The summed E-state index contributed by atoms with van der Waals surface area (Å²) in [6, 6.07) is 18.3. The molecule has 2 rings (SSSR count). The van der Waals surface area contributed by atoms with Gasteiger partial charge in [-0.05, 0) is 30.9 Å². The zero-order valence-electron chi connectivity index (χ0n) is 13.0. The highest BCUT2D eigenvalue weighted by Gasteiger charge is 2.21. The predicted octanol–water partition coefficient (Wildman–Crippen LogP) is 5.23. The normalized spacial score (nSPS) is 12.1. The van der Waals surface area contributed by atoms with E-state index in [1.807, 2.05) is 49.4 Å². The number of carbonyl (C=O) groups excluding carboxylic acids is 1. The van der Waals surface area contributed by atoms with Crippen LogP contribution in [0.25, 0.3) is 0 Å². The molecular weight excluding hydrogens is 256 g/mol. The van der Waals surface area contributed by atoms with Gasteiger partial charge in [0.2, 0.25) is 0 Å². The minimum Gasteiger partial charge on any atom is -0.294 e. The van der Waals surface area contributed by atoms with Crippen LogP contribution in [0.5, 0.6) is 0 Å². The van der Waals surface area contributed by atoms with Crippen molar-refractivity contribution in [1.82, 2.24) is 0 Å². The molecule has 0 saturated heterocycles. The highest BCUT2D eigenvalue weighted by Crippen LogP contribution is 2.22. The van der Waals surface area contributed by atoms with Crippen LogP contribution in [0.2, 0.25) is 0 Å². The van der Waals surface area contributed by atoms with E-state index in [-0.39, 0.29) is 5.92 Å². The quantitative estimate of drug-likeness (QED) is 0.635. The van der Waals surface area contributed by atoms with Gasteiger partial charge in [-0.3, -0.25) is 4.79 Å². The van der Waals surface area contributed by atoms with Crippen LogP contribution in [0.4, 0.5) is 0 Å². The Morgan fingerprint density at radius 3 is 2.33 bits per heavy atom. The number of carbonyl (C=O) groups is 1. The second-order valence-corrected chi connectivity index (χ2v) is 5.71. The molecule has 0 radical (unpaired) electrons. The first-order valence-corrected chi connectivity index (χ1v) is 7.86. The summed E-state index contributed by atoms with van der Waals surface area (Å²) in [6.07, 6.45) is 4.05. The molecule has 0 aliphatic rings. The number of ketones is 1. The standard InChI is InChI=1S/C20H24O/c1-3-4-13-18(15-17-11-6-5-7-12-17)20(21)19-14-9-8-10-16(19)2/h5-12,14,18H,3-4,13,15H2,1-2H3. The Hall–Kier alpha value is -1.89. The Bertz CT molecular complexity index is 571. The van der Waals surface area contributed by atoms with Crippen LogP contribution in [0.15, 0.2) is 54.6 Å². The van der Waals surface area contributed by atoms with E-state index in [0.29, 0.717) is 5.78 Å². The Balaban J connectivity index is 2.19. The molecule has 0 aliphatic carbocycles. The van der Waals surface area contributed by atoms with Crippen LogP contribution in [0.1, 0.15) is 47.7 Å². The molecule has 2 aromatic carbocycles. The number of hydrogen-bond donors (Lipinski definition) is 0. The smallest absolute Gasteiger partial charge is 0.166 e. The van der Waals surface area contributed by atoms with Crippen molar-refractivity contribution in [2.45, 2.75) is 39.5 Å². The Labute approximate surface area is 128 Å². The summed E-state index contributed by atoms with van der Waals surface area (Å²) in [6.45, 7) is 4.20. The van der Waals surface area contributed by atoms with Gasteiger partial charge < -0.3 is 0 Å². The number of Topliss-reactive ketones (excluding diaryl/α,β-unsaturated/α-hetero) is 1. The predicted molar refractivity (Wildman–Crippen MR) is 88.7 cm³/mol. The fourth-order valence-corrected chi connectivity index (χ4v) is 2.74. The third-order valence-corrected chi connectivity index (χ3v) is 4.01. The zero-order valence-corrected chi connectivity index (χ0v) is 13.0. The number of rotatable bonds is 7. The largest absolute Gasteiger partial charge is 0.294 e. The molecular formula is C20H24O. The number of aryl methyl sites for hydroxylation is 1. The molecule has 21 heavy (non-hydrogen) atoms. The van der Waals surface area contributed by atoms with E-state index in [1.165, 1.54) is 5.56 Å². The average molecular weight is 280 g/mol. The van der Waals surface area contributed by atoms with Gasteiger partial charge in [-0.2, -0.15) is 0 Å². The summed E-state index contributed by atoms with van der Waals surface area (Å²) < 4.78 is 0. The van der Waals surface area contributed by atoms with Gasteiger partial charge in [-0.25, -0.2) is 0 Å². The van der Waals surface area contributed by atoms with Crippen molar-refractivity contribution in [3.63, 3.8) is 0 Å². The molecule has 2 aromatic rings. The number of benzene rings is 2. The van der Waals surface area contributed by atoms with E-state index >= 15 is 0 Å². The number of unbranched alkanes of at least 4 members (excludes halogenated alkanes) is 1. The molecule has 0 heterocycles. The van der Waals surface area contributed by atoms with Crippen molar-refractivity contribution in [1.29, 1.82) is 0 Å². The Morgan fingerprint density at radius 2 is 1.67 bits per heavy atom. The van der Waals surface area contributed by atoms with E-state index in [4.69, 9.17) is 0 Å². The van der Waals surface area contributed by atoms with Crippen LogP contribution in [-0.4, -0.2) is 5.78 Å². The van der Waals surface area contributed by atoms with Gasteiger partial charge in [0.25, 0.3) is 0 Å². The fraction of sp³-hybridized carbons (Fsp3) is 0.350. The lowest BCUT2D eigenvalue weighted by molar-refractivity contribution is 0.0910. The summed E-state index contributed by atoms with van der Waals surface area (Å²) in [5.74, 6) is 0.388. The first-order chi connectivity index (χ1) is 10.2. The highest BCUT2D eigenvalue weighted by molar-refractivity contribution is 5.99. The van der Waals surface area contributed by atoms with Crippen molar-refractivity contribution in [3.05, 3.63) is 71.3 Å². The molecule has 0 amide bonds. The fourth-order valence-electron chi connectivity index (χ4n) is 2.74. The molecule has 0 saturated carbocycles. The first kappa shape index (κ1) is 15.5. The first-order valence-electron chi connectivity index (χ1n) is 7.86. The zero-order chi connectivity index (χ0) is 15.1. The molecule has 0 aliphatic heterocycles. The van der Waals surface area contributed by atoms with Crippen molar-refractivity contribution in [3.8, 4) is 0 Å². The maximum absolute atomic E-state index is 12.9. The highest BCUT2D eigenvalue weighted by atomic mass is 16.1. The second-order valence-electron chi connectivity index (χ2n) is 5.71. The summed E-state index contributed by atoms with van der Waals surface area (Å²) >= 11 is 0. The van der Waals surface area contributed by atoms with Crippen molar-refractivity contribution >= 4 is 5.78 Å². The Kier molecular flexibility index (Phi) is 5.74. The Morgan fingerprint density at radius 1 is 1.00 bits per heavy atom. The maximum Gasteiger partial charge on any atom is 0.166 e. The van der Waals surface area contributed by atoms with Gasteiger partial charge in [-0.15, -0.1) is 0 Å². The van der Waals surface area contributed by atoms with E-state index < -0.39 is 0 Å². The molecule has 1 unspecified atom stereocenters. The molecule has 0 bridgehead atoms. The molecule has 1 heteroatoms. The molecule has 0 fully saturated rings. The van der Waals surface area contributed by atoms with Gasteiger partial charge in [-0.1, -0.05) is 74.4 Å². The van der Waals surface area contributed by atoms with Crippen LogP contribution in [0.3, 0.4) is 0 Å². The molecule has 0 spiro atoms. The van der Waals surface area contributed by atoms with Crippen LogP contribution >= 0.6 is 0 Å². The van der Waals surface area contributed by atoms with Crippen molar-refractivity contribution in [2.24, 2.45) is 5.92 Å². The summed E-state index contributed by atoms with van der Waals surface area (Å²) in [5, 5.41) is 0. The third-order valence-electron chi connectivity index (χ3n) is 4.01. The lowest BCUT2D eigenvalue weighted by Gasteiger charge is -2.17.